The third kappa shape index (κ3) is 4.14. The van der Waals surface area contributed by atoms with E-state index in [0.717, 1.165) is 45.3 Å². The van der Waals surface area contributed by atoms with Crippen LogP contribution >= 0.6 is 27.3 Å². The monoisotopic (exact) mass is 586 g/mol. The van der Waals surface area contributed by atoms with Crippen LogP contribution in [0.5, 0.6) is 5.75 Å². The van der Waals surface area contributed by atoms with Gasteiger partial charge in [-0.05, 0) is 65.9 Å². The molecule has 1 unspecified atom stereocenters. The van der Waals surface area contributed by atoms with Crippen molar-refractivity contribution in [2.24, 2.45) is 4.99 Å². The molecule has 0 amide bonds. The zero-order valence-corrected chi connectivity index (χ0v) is 23.1. The summed E-state index contributed by atoms with van der Waals surface area (Å²) in [5, 5.41) is 0. The topological polar surface area (TPSA) is 69.9 Å². The van der Waals surface area contributed by atoms with E-state index in [1.807, 2.05) is 42.5 Å². The minimum atomic E-state index is -0.394. The third-order valence-electron chi connectivity index (χ3n) is 7.00. The fourth-order valence-corrected chi connectivity index (χ4v) is 6.57. The number of nitrogens with zero attached hydrogens (tertiary/aromatic N) is 2. The van der Waals surface area contributed by atoms with Crippen LogP contribution in [0.3, 0.4) is 0 Å². The summed E-state index contributed by atoms with van der Waals surface area (Å²) in [5.74, 6) is 0.289. The summed E-state index contributed by atoms with van der Waals surface area (Å²) in [6.07, 6.45) is 3.53. The SMILES string of the molecule is COC(=O)c1ccc(C2C3=C(N=c4sc(=Cc5cc(Br)ccc5OC)c(=O)n42)c2ccccc2CC3)cc1. The molecule has 1 atom stereocenters. The van der Waals surface area contributed by atoms with Gasteiger partial charge in [0.2, 0.25) is 0 Å². The maximum absolute atomic E-state index is 14.0. The van der Waals surface area contributed by atoms with Crippen molar-refractivity contribution >= 4 is 45.0 Å². The summed E-state index contributed by atoms with van der Waals surface area (Å²) in [5.41, 5.74) is 6.49. The molecule has 1 aliphatic carbocycles. The van der Waals surface area contributed by atoms with E-state index in [1.54, 1.807) is 23.8 Å². The lowest BCUT2D eigenvalue weighted by molar-refractivity contribution is 0.0600. The molecule has 3 aromatic carbocycles. The van der Waals surface area contributed by atoms with Gasteiger partial charge in [0.1, 0.15) is 5.75 Å². The molecule has 4 aromatic rings. The van der Waals surface area contributed by atoms with Crippen LogP contribution in [0.1, 0.15) is 45.1 Å². The first-order chi connectivity index (χ1) is 18.5. The van der Waals surface area contributed by atoms with E-state index in [-0.39, 0.29) is 11.6 Å². The summed E-state index contributed by atoms with van der Waals surface area (Å²) < 4.78 is 13.7. The van der Waals surface area contributed by atoms with Gasteiger partial charge in [-0.15, -0.1) is 0 Å². The molecule has 1 aromatic heterocycles. The molecule has 6 nitrogen and oxygen atoms in total. The van der Waals surface area contributed by atoms with Gasteiger partial charge >= 0.3 is 5.97 Å². The van der Waals surface area contributed by atoms with Crippen molar-refractivity contribution in [2.75, 3.05) is 14.2 Å². The molecule has 0 radical (unpaired) electrons. The molecule has 0 saturated carbocycles. The lowest BCUT2D eigenvalue weighted by atomic mass is 9.83. The van der Waals surface area contributed by atoms with E-state index in [9.17, 15) is 9.59 Å². The molecular formula is C30H23BrN2O4S. The minimum absolute atomic E-state index is 0.108. The van der Waals surface area contributed by atoms with E-state index < -0.39 is 5.97 Å². The molecule has 0 spiro atoms. The lowest BCUT2D eigenvalue weighted by Crippen LogP contribution is -2.38. The number of aromatic nitrogens is 1. The fourth-order valence-electron chi connectivity index (χ4n) is 5.20. The molecule has 38 heavy (non-hydrogen) atoms. The molecule has 1 aliphatic heterocycles. The van der Waals surface area contributed by atoms with Crippen LogP contribution in [-0.2, 0) is 11.2 Å². The zero-order chi connectivity index (χ0) is 26.4. The number of rotatable bonds is 4. The van der Waals surface area contributed by atoms with E-state index >= 15 is 0 Å². The summed E-state index contributed by atoms with van der Waals surface area (Å²) >= 11 is 4.89. The van der Waals surface area contributed by atoms with E-state index in [2.05, 4.69) is 34.1 Å². The van der Waals surface area contributed by atoms with Crippen LogP contribution in [0.15, 0.2) is 86.6 Å². The maximum atomic E-state index is 14.0. The first kappa shape index (κ1) is 24.6. The maximum Gasteiger partial charge on any atom is 0.337 e. The van der Waals surface area contributed by atoms with Gasteiger partial charge in [-0.25, -0.2) is 9.79 Å². The van der Waals surface area contributed by atoms with Crippen LogP contribution in [0.25, 0.3) is 11.8 Å². The van der Waals surface area contributed by atoms with Crippen molar-refractivity contribution in [1.82, 2.24) is 4.57 Å². The Morgan fingerprint density at radius 3 is 2.63 bits per heavy atom. The predicted molar refractivity (Wildman–Crippen MR) is 151 cm³/mol. The molecule has 0 bridgehead atoms. The number of benzene rings is 3. The highest BCUT2D eigenvalue weighted by Crippen LogP contribution is 2.41. The van der Waals surface area contributed by atoms with Gasteiger partial charge in [0.15, 0.2) is 4.80 Å². The predicted octanol–water partition coefficient (Wildman–Crippen LogP) is 4.88. The number of ether oxygens (including phenoxy) is 2. The molecule has 0 N–H and O–H groups in total. The average Bonchev–Trinajstić information content (AvgIpc) is 3.25. The Morgan fingerprint density at radius 2 is 1.87 bits per heavy atom. The highest BCUT2D eigenvalue weighted by molar-refractivity contribution is 9.10. The quantitative estimate of drug-likeness (QED) is 0.320. The Kier molecular flexibility index (Phi) is 6.37. The van der Waals surface area contributed by atoms with Crippen LogP contribution in [0, 0.1) is 0 Å². The second-order valence-electron chi connectivity index (χ2n) is 9.11. The highest BCUT2D eigenvalue weighted by Gasteiger charge is 2.32. The van der Waals surface area contributed by atoms with Gasteiger partial charge in [-0.3, -0.25) is 9.36 Å². The molecular weight excluding hydrogens is 564 g/mol. The number of halogens is 1. The van der Waals surface area contributed by atoms with Crippen molar-refractivity contribution in [3.8, 4) is 5.75 Å². The van der Waals surface area contributed by atoms with Crippen LogP contribution < -0.4 is 19.6 Å². The highest BCUT2D eigenvalue weighted by atomic mass is 79.9. The first-order valence-corrected chi connectivity index (χ1v) is 13.7. The lowest BCUT2D eigenvalue weighted by Gasteiger charge is -2.30. The number of methoxy groups -OCH3 is 2. The Morgan fingerprint density at radius 1 is 1.08 bits per heavy atom. The fraction of sp³-hybridized carbons (Fsp3) is 0.167. The molecule has 0 saturated heterocycles. The van der Waals surface area contributed by atoms with Crippen molar-refractivity contribution in [3.63, 3.8) is 0 Å². The number of carbonyl (C=O) groups is 1. The average molecular weight is 587 g/mol. The number of thiazole rings is 1. The van der Waals surface area contributed by atoms with Crippen molar-refractivity contribution in [3.05, 3.63) is 124 Å². The minimum Gasteiger partial charge on any atom is -0.496 e. The molecule has 6 rings (SSSR count). The first-order valence-electron chi connectivity index (χ1n) is 12.1. The second-order valence-corrected chi connectivity index (χ2v) is 11.0. The number of allylic oxidation sites excluding steroid dienone is 1. The van der Waals surface area contributed by atoms with Crippen LogP contribution in [0.4, 0.5) is 0 Å². The molecule has 0 fully saturated rings. The van der Waals surface area contributed by atoms with Gasteiger partial charge in [-0.1, -0.05) is 63.7 Å². The number of aryl methyl sites for hydroxylation is 1. The Labute approximate surface area is 231 Å². The summed E-state index contributed by atoms with van der Waals surface area (Å²) in [4.78, 5) is 31.7. The third-order valence-corrected chi connectivity index (χ3v) is 8.48. The number of esters is 1. The summed E-state index contributed by atoms with van der Waals surface area (Å²) in [6, 6.07) is 21.0. The normalized spacial score (nSPS) is 16.3. The Bertz CT molecular complexity index is 1800. The van der Waals surface area contributed by atoms with E-state index in [1.165, 1.54) is 24.0 Å². The second kappa shape index (κ2) is 9.85. The van der Waals surface area contributed by atoms with Gasteiger partial charge in [-0.2, -0.15) is 0 Å². The van der Waals surface area contributed by atoms with Gasteiger partial charge in [0, 0.05) is 15.6 Å². The smallest absolute Gasteiger partial charge is 0.337 e. The van der Waals surface area contributed by atoms with Gasteiger partial charge < -0.3 is 9.47 Å². The molecule has 2 aliphatic rings. The number of hydrogen-bond donors (Lipinski definition) is 0. The Hall–Kier alpha value is -3.75. The number of hydrogen-bond acceptors (Lipinski definition) is 6. The summed E-state index contributed by atoms with van der Waals surface area (Å²) in [7, 11) is 2.98. The van der Waals surface area contributed by atoms with Crippen molar-refractivity contribution in [1.29, 1.82) is 0 Å². The molecule has 2 heterocycles. The van der Waals surface area contributed by atoms with Crippen molar-refractivity contribution < 1.29 is 14.3 Å². The number of carbonyl (C=O) groups excluding carboxylic acids is 1. The van der Waals surface area contributed by atoms with E-state index in [4.69, 9.17) is 14.5 Å². The zero-order valence-electron chi connectivity index (χ0n) is 20.7. The van der Waals surface area contributed by atoms with Crippen molar-refractivity contribution in [2.45, 2.75) is 18.9 Å². The van der Waals surface area contributed by atoms with E-state index in [0.29, 0.717) is 20.6 Å². The summed E-state index contributed by atoms with van der Waals surface area (Å²) in [6.45, 7) is 0. The van der Waals surface area contributed by atoms with Crippen LogP contribution in [-0.4, -0.2) is 24.8 Å². The molecule has 190 valence electrons. The standard InChI is InChI=1S/C30H23BrN2O4S/c1-36-24-14-12-21(31)15-20(24)16-25-28(34)33-27(18-7-9-19(10-8-18)29(35)37-2)23-13-11-17-5-3-4-6-22(17)26(23)32-30(33)38-25/h3-10,12,14-16,27H,11,13H2,1-2H3. The van der Waals surface area contributed by atoms with Crippen LogP contribution in [0.2, 0.25) is 0 Å². The number of fused-ring (bicyclic) bond motifs is 3. The molecule has 8 heteroatoms. The largest absolute Gasteiger partial charge is 0.496 e. The Balaban J connectivity index is 1.59. The van der Waals surface area contributed by atoms with Gasteiger partial charge in [0.25, 0.3) is 5.56 Å². The van der Waals surface area contributed by atoms with Gasteiger partial charge in [0.05, 0.1) is 36.1 Å².